The number of hydrogen-bond donors (Lipinski definition) is 2. The third-order valence-corrected chi connectivity index (χ3v) is 5.06. The molecule has 1 aromatic heterocycles. The Labute approximate surface area is 125 Å². The first-order valence-electron chi connectivity index (χ1n) is 7.11. The first kappa shape index (κ1) is 15.7. The highest BCUT2D eigenvalue weighted by Gasteiger charge is 2.14. The number of H-pyrrole nitrogens is 1. The van der Waals surface area contributed by atoms with Gasteiger partial charge in [0.05, 0.1) is 4.90 Å². The molecular formula is C15H21N3O2S. The second kappa shape index (κ2) is 6.87. The molecule has 5 nitrogen and oxygen atoms in total. The molecule has 2 aromatic rings. The summed E-state index contributed by atoms with van der Waals surface area (Å²) in [7, 11) is -3.45. The lowest BCUT2D eigenvalue weighted by molar-refractivity contribution is 0.581. The van der Waals surface area contributed by atoms with Crippen LogP contribution in [-0.4, -0.2) is 24.9 Å². The minimum Gasteiger partial charge on any atom is -0.349 e. The molecule has 0 aliphatic carbocycles. The molecule has 6 heteroatoms. The lowest BCUT2D eigenvalue weighted by Crippen LogP contribution is -2.26. The molecule has 2 N–H and O–H groups in total. The largest absolute Gasteiger partial charge is 0.349 e. The maximum atomic E-state index is 12.2. The fraction of sp³-hybridized carbons (Fsp3) is 0.400. The lowest BCUT2D eigenvalue weighted by atomic mass is 9.99. The number of benzene rings is 1. The van der Waals surface area contributed by atoms with E-state index < -0.39 is 10.0 Å². The Bertz CT molecular complexity index is 649. The van der Waals surface area contributed by atoms with Gasteiger partial charge in [0.2, 0.25) is 10.0 Å². The van der Waals surface area contributed by atoms with Crippen molar-refractivity contribution in [3.05, 3.63) is 48.0 Å². The highest BCUT2D eigenvalue weighted by Crippen LogP contribution is 2.20. The molecule has 0 saturated carbocycles. The number of aromatic nitrogens is 2. The second-order valence-electron chi connectivity index (χ2n) is 5.06. The van der Waals surface area contributed by atoms with Crippen LogP contribution in [0.2, 0.25) is 0 Å². The van der Waals surface area contributed by atoms with Gasteiger partial charge in [-0.1, -0.05) is 26.0 Å². The molecule has 0 aliphatic heterocycles. The molecule has 0 amide bonds. The van der Waals surface area contributed by atoms with E-state index in [0.717, 1.165) is 17.8 Å². The Balaban J connectivity index is 1.98. The van der Waals surface area contributed by atoms with Crippen molar-refractivity contribution in [3.63, 3.8) is 0 Å². The van der Waals surface area contributed by atoms with E-state index in [0.29, 0.717) is 23.8 Å². The van der Waals surface area contributed by atoms with Crippen molar-refractivity contribution in [3.8, 4) is 0 Å². The number of aromatic amines is 1. The average molecular weight is 307 g/mol. The molecule has 0 spiro atoms. The van der Waals surface area contributed by atoms with Crippen molar-refractivity contribution in [1.29, 1.82) is 0 Å². The zero-order valence-corrected chi connectivity index (χ0v) is 13.2. The summed E-state index contributed by atoms with van der Waals surface area (Å²) in [4.78, 5) is 7.30. The summed E-state index contributed by atoms with van der Waals surface area (Å²) in [5.41, 5.74) is 1.16. The Kier molecular flexibility index (Phi) is 5.14. The minimum absolute atomic E-state index is 0.300. The standard InChI is InChI=1S/C15H21N3O2S/c1-3-12(2)13-4-6-14(7-5-13)21(19,20)18-9-8-15-16-10-11-17-15/h4-7,10-12,18H,3,8-9H2,1-2H3,(H,16,17). The van der Waals surface area contributed by atoms with Crippen LogP contribution < -0.4 is 4.72 Å². The van der Waals surface area contributed by atoms with Crippen molar-refractivity contribution in [2.24, 2.45) is 0 Å². The quantitative estimate of drug-likeness (QED) is 0.825. The maximum Gasteiger partial charge on any atom is 0.240 e. The molecule has 1 atom stereocenters. The van der Waals surface area contributed by atoms with Gasteiger partial charge in [-0.3, -0.25) is 0 Å². The van der Waals surface area contributed by atoms with Gasteiger partial charge in [0.25, 0.3) is 0 Å². The fourth-order valence-electron chi connectivity index (χ4n) is 2.03. The van der Waals surface area contributed by atoms with Gasteiger partial charge in [0.1, 0.15) is 5.82 Å². The van der Waals surface area contributed by atoms with Crippen LogP contribution in [0.4, 0.5) is 0 Å². The summed E-state index contributed by atoms with van der Waals surface area (Å²) in [5, 5.41) is 0. The zero-order chi connectivity index (χ0) is 15.3. The molecule has 1 aromatic carbocycles. The van der Waals surface area contributed by atoms with Crippen LogP contribution in [-0.2, 0) is 16.4 Å². The van der Waals surface area contributed by atoms with Gasteiger partial charge in [0.15, 0.2) is 0 Å². The van der Waals surface area contributed by atoms with Crippen molar-refractivity contribution in [1.82, 2.24) is 14.7 Å². The fourth-order valence-corrected chi connectivity index (χ4v) is 3.06. The number of imidazole rings is 1. The lowest BCUT2D eigenvalue weighted by Gasteiger charge is -2.10. The Morgan fingerprint density at radius 2 is 2.00 bits per heavy atom. The minimum atomic E-state index is -3.45. The smallest absolute Gasteiger partial charge is 0.240 e. The first-order chi connectivity index (χ1) is 10.0. The van der Waals surface area contributed by atoms with E-state index in [1.807, 2.05) is 12.1 Å². The molecule has 2 rings (SSSR count). The molecule has 1 heterocycles. The SMILES string of the molecule is CCC(C)c1ccc(S(=O)(=O)NCCc2ncc[nH]2)cc1. The van der Waals surface area contributed by atoms with Gasteiger partial charge in [0, 0.05) is 25.4 Å². The predicted molar refractivity (Wildman–Crippen MR) is 82.6 cm³/mol. The van der Waals surface area contributed by atoms with Crippen LogP contribution in [0.15, 0.2) is 41.6 Å². The molecular weight excluding hydrogens is 286 g/mol. The van der Waals surface area contributed by atoms with E-state index in [1.165, 1.54) is 0 Å². The highest BCUT2D eigenvalue weighted by atomic mass is 32.2. The summed E-state index contributed by atoms with van der Waals surface area (Å²) in [6.07, 6.45) is 4.94. The van der Waals surface area contributed by atoms with Gasteiger partial charge < -0.3 is 4.98 Å². The van der Waals surface area contributed by atoms with Gasteiger partial charge in [-0.05, 0) is 30.0 Å². The van der Waals surface area contributed by atoms with Crippen molar-refractivity contribution >= 4 is 10.0 Å². The summed E-state index contributed by atoms with van der Waals surface area (Å²) >= 11 is 0. The number of nitrogens with zero attached hydrogens (tertiary/aromatic N) is 1. The molecule has 0 saturated heterocycles. The van der Waals surface area contributed by atoms with Crippen LogP contribution >= 0.6 is 0 Å². The number of sulfonamides is 1. The van der Waals surface area contributed by atoms with Crippen LogP contribution in [0.5, 0.6) is 0 Å². The van der Waals surface area contributed by atoms with E-state index in [-0.39, 0.29) is 0 Å². The molecule has 0 fully saturated rings. The maximum absolute atomic E-state index is 12.2. The predicted octanol–water partition coefficient (Wildman–Crippen LogP) is 2.44. The molecule has 21 heavy (non-hydrogen) atoms. The Hall–Kier alpha value is -1.66. The van der Waals surface area contributed by atoms with Crippen molar-refractivity contribution in [2.75, 3.05) is 6.54 Å². The van der Waals surface area contributed by atoms with Gasteiger partial charge in [-0.2, -0.15) is 0 Å². The zero-order valence-electron chi connectivity index (χ0n) is 12.3. The van der Waals surface area contributed by atoms with Crippen LogP contribution in [0.1, 0.15) is 37.6 Å². The normalized spacial score (nSPS) is 13.2. The number of hydrogen-bond acceptors (Lipinski definition) is 3. The molecule has 114 valence electrons. The van der Waals surface area contributed by atoms with Crippen LogP contribution in [0.25, 0.3) is 0 Å². The van der Waals surface area contributed by atoms with E-state index in [4.69, 9.17) is 0 Å². The summed E-state index contributed by atoms with van der Waals surface area (Å²) in [6, 6.07) is 7.10. The molecule has 0 radical (unpaired) electrons. The molecule has 1 unspecified atom stereocenters. The van der Waals surface area contributed by atoms with E-state index in [9.17, 15) is 8.42 Å². The van der Waals surface area contributed by atoms with Gasteiger partial charge >= 0.3 is 0 Å². The van der Waals surface area contributed by atoms with Gasteiger partial charge in [-0.25, -0.2) is 18.1 Å². The average Bonchev–Trinajstić information content (AvgIpc) is 2.99. The van der Waals surface area contributed by atoms with E-state index in [1.54, 1.807) is 24.5 Å². The van der Waals surface area contributed by atoms with Crippen molar-refractivity contribution < 1.29 is 8.42 Å². The monoisotopic (exact) mass is 307 g/mol. The topological polar surface area (TPSA) is 74.8 Å². The third kappa shape index (κ3) is 4.15. The molecule has 0 bridgehead atoms. The summed E-state index contributed by atoms with van der Waals surface area (Å²) < 4.78 is 26.9. The van der Waals surface area contributed by atoms with E-state index in [2.05, 4.69) is 28.5 Å². The van der Waals surface area contributed by atoms with Crippen molar-refractivity contribution in [2.45, 2.75) is 37.5 Å². The summed E-state index contributed by atoms with van der Waals surface area (Å²) in [5.74, 6) is 1.21. The number of rotatable bonds is 7. The molecule has 0 aliphatic rings. The summed E-state index contributed by atoms with van der Waals surface area (Å²) in [6.45, 7) is 4.57. The Morgan fingerprint density at radius 1 is 1.29 bits per heavy atom. The van der Waals surface area contributed by atoms with E-state index >= 15 is 0 Å². The highest BCUT2D eigenvalue weighted by molar-refractivity contribution is 7.89. The van der Waals surface area contributed by atoms with Gasteiger partial charge in [-0.15, -0.1) is 0 Å². The first-order valence-corrected chi connectivity index (χ1v) is 8.59. The van der Waals surface area contributed by atoms with Crippen LogP contribution in [0.3, 0.4) is 0 Å². The Morgan fingerprint density at radius 3 is 2.57 bits per heavy atom. The van der Waals surface area contributed by atoms with Crippen LogP contribution in [0, 0.1) is 0 Å². The second-order valence-corrected chi connectivity index (χ2v) is 6.83. The number of nitrogens with one attached hydrogen (secondary N) is 2. The third-order valence-electron chi connectivity index (χ3n) is 3.58.